The van der Waals surface area contributed by atoms with Crippen LogP contribution in [-0.2, 0) is 16.8 Å². The van der Waals surface area contributed by atoms with E-state index in [-0.39, 0.29) is 12.4 Å². The van der Waals surface area contributed by atoms with E-state index in [1.54, 1.807) is 0 Å². The fourth-order valence-electron chi connectivity index (χ4n) is 2.34. The highest BCUT2D eigenvalue weighted by Crippen LogP contribution is 2.18. The van der Waals surface area contributed by atoms with Crippen molar-refractivity contribution in [3.05, 3.63) is 23.9 Å². The average Bonchev–Trinajstić information content (AvgIpc) is 2.81. The summed E-state index contributed by atoms with van der Waals surface area (Å²) in [6.45, 7) is -0.524. The van der Waals surface area contributed by atoms with Gasteiger partial charge in [0, 0.05) is 31.9 Å². The van der Waals surface area contributed by atoms with Crippen molar-refractivity contribution in [3.8, 4) is 5.88 Å². The number of hydrogen-bond donors (Lipinski definition) is 1. The van der Waals surface area contributed by atoms with E-state index in [1.807, 2.05) is 0 Å². The third-order valence-electron chi connectivity index (χ3n) is 3.55. The number of ether oxygens (including phenoxy) is 1. The van der Waals surface area contributed by atoms with E-state index in [9.17, 15) is 21.6 Å². The van der Waals surface area contributed by atoms with Gasteiger partial charge in [0.2, 0.25) is 5.88 Å². The van der Waals surface area contributed by atoms with Crippen molar-refractivity contribution in [3.63, 3.8) is 0 Å². The van der Waals surface area contributed by atoms with Crippen molar-refractivity contribution in [2.24, 2.45) is 0 Å². The van der Waals surface area contributed by atoms with E-state index in [2.05, 4.69) is 14.4 Å². The Labute approximate surface area is 139 Å². The second-order valence-electron chi connectivity index (χ2n) is 5.55. The SMILES string of the molecule is O=S(=O)(NCc1ccnc(OCC(F)(F)F)c1)N1CCCCCC1. The van der Waals surface area contributed by atoms with Gasteiger partial charge >= 0.3 is 6.18 Å². The molecule has 1 saturated heterocycles. The van der Waals surface area contributed by atoms with Gasteiger partial charge in [0.05, 0.1) is 0 Å². The number of aromatic nitrogens is 1. The summed E-state index contributed by atoms with van der Waals surface area (Å²) in [5.41, 5.74) is 0.473. The van der Waals surface area contributed by atoms with Crippen molar-refractivity contribution < 1.29 is 26.3 Å². The first kappa shape index (κ1) is 18.9. The van der Waals surface area contributed by atoms with Gasteiger partial charge in [-0.1, -0.05) is 12.8 Å². The summed E-state index contributed by atoms with van der Waals surface area (Å²) in [6, 6.07) is 2.81. The van der Waals surface area contributed by atoms with E-state index >= 15 is 0 Å². The standard InChI is InChI=1S/C14H20F3N3O3S/c15-14(16,17)11-23-13-9-12(5-6-18-13)10-19-24(21,22)20-7-3-1-2-4-8-20/h5-6,9,19H,1-4,7-8,10-11H2. The number of nitrogens with zero attached hydrogens (tertiary/aromatic N) is 2. The highest BCUT2D eigenvalue weighted by molar-refractivity contribution is 7.87. The van der Waals surface area contributed by atoms with Crippen LogP contribution < -0.4 is 9.46 Å². The fraction of sp³-hybridized carbons (Fsp3) is 0.643. The van der Waals surface area contributed by atoms with Gasteiger partial charge < -0.3 is 4.74 Å². The van der Waals surface area contributed by atoms with E-state index in [4.69, 9.17) is 0 Å². The molecular weight excluding hydrogens is 347 g/mol. The quantitative estimate of drug-likeness (QED) is 0.837. The minimum Gasteiger partial charge on any atom is -0.468 e. The Bertz CT molecular complexity index is 630. The molecule has 0 unspecified atom stereocenters. The third kappa shape index (κ3) is 6.25. The lowest BCUT2D eigenvalue weighted by atomic mass is 10.2. The highest BCUT2D eigenvalue weighted by atomic mass is 32.2. The van der Waals surface area contributed by atoms with E-state index < -0.39 is 23.0 Å². The lowest BCUT2D eigenvalue weighted by Gasteiger charge is -2.20. The van der Waals surface area contributed by atoms with Crippen molar-refractivity contribution in [1.82, 2.24) is 14.0 Å². The Morgan fingerprint density at radius 2 is 1.88 bits per heavy atom. The molecule has 1 aromatic heterocycles. The van der Waals surface area contributed by atoms with Crippen molar-refractivity contribution in [1.29, 1.82) is 0 Å². The fourth-order valence-corrected chi connectivity index (χ4v) is 3.61. The van der Waals surface area contributed by atoms with E-state index in [0.717, 1.165) is 25.7 Å². The monoisotopic (exact) mass is 367 g/mol. The molecule has 1 fully saturated rings. The molecule has 1 aliphatic heterocycles. The molecule has 0 aromatic carbocycles. The van der Waals surface area contributed by atoms with Gasteiger partial charge in [-0.15, -0.1) is 0 Å². The molecule has 1 N–H and O–H groups in total. The molecule has 2 heterocycles. The maximum Gasteiger partial charge on any atom is 0.422 e. The Morgan fingerprint density at radius 3 is 2.50 bits per heavy atom. The second-order valence-corrected chi connectivity index (χ2v) is 7.30. The van der Waals surface area contributed by atoms with Gasteiger partial charge in [-0.2, -0.15) is 30.6 Å². The van der Waals surface area contributed by atoms with Crippen LogP contribution in [0.25, 0.3) is 0 Å². The van der Waals surface area contributed by atoms with Gasteiger partial charge in [0.15, 0.2) is 6.61 Å². The predicted octanol–water partition coefficient (Wildman–Crippen LogP) is 2.23. The van der Waals surface area contributed by atoms with Crippen LogP contribution in [0.3, 0.4) is 0 Å². The number of pyridine rings is 1. The lowest BCUT2D eigenvalue weighted by Crippen LogP contribution is -2.40. The van der Waals surface area contributed by atoms with Crippen LogP contribution in [0, 0.1) is 0 Å². The minimum atomic E-state index is -4.45. The summed E-state index contributed by atoms with van der Waals surface area (Å²) < 4.78 is 69.4. The maximum absolute atomic E-state index is 12.3. The summed E-state index contributed by atoms with van der Waals surface area (Å²) in [4.78, 5) is 3.68. The molecule has 0 amide bonds. The first-order chi connectivity index (χ1) is 11.3. The van der Waals surface area contributed by atoms with Crippen LogP contribution in [-0.4, -0.2) is 43.6 Å². The molecule has 1 aliphatic rings. The molecule has 0 bridgehead atoms. The molecule has 0 aliphatic carbocycles. The van der Waals surface area contributed by atoms with Gasteiger partial charge in [-0.25, -0.2) is 4.98 Å². The molecule has 0 saturated carbocycles. The zero-order valence-corrected chi connectivity index (χ0v) is 13.9. The molecule has 6 nitrogen and oxygen atoms in total. The van der Waals surface area contributed by atoms with Gasteiger partial charge in [0.25, 0.3) is 10.2 Å². The highest BCUT2D eigenvalue weighted by Gasteiger charge is 2.28. The van der Waals surface area contributed by atoms with Crippen LogP contribution in [0.1, 0.15) is 31.2 Å². The summed E-state index contributed by atoms with van der Waals surface area (Å²) in [5, 5.41) is 0. The van der Waals surface area contributed by atoms with Crippen molar-refractivity contribution in [2.75, 3.05) is 19.7 Å². The van der Waals surface area contributed by atoms with Crippen LogP contribution in [0.15, 0.2) is 18.3 Å². The maximum atomic E-state index is 12.3. The topological polar surface area (TPSA) is 71.5 Å². The smallest absolute Gasteiger partial charge is 0.422 e. The van der Waals surface area contributed by atoms with Crippen molar-refractivity contribution >= 4 is 10.2 Å². The second kappa shape index (κ2) is 8.13. The normalized spacial score (nSPS) is 17.5. The molecule has 24 heavy (non-hydrogen) atoms. The number of rotatable bonds is 6. The Balaban J connectivity index is 1.93. The zero-order valence-electron chi connectivity index (χ0n) is 13.1. The van der Waals surface area contributed by atoms with Gasteiger partial charge in [-0.05, 0) is 24.5 Å². The molecule has 10 heteroatoms. The van der Waals surface area contributed by atoms with Crippen LogP contribution in [0.5, 0.6) is 5.88 Å². The number of nitrogens with one attached hydrogen (secondary N) is 1. The lowest BCUT2D eigenvalue weighted by molar-refractivity contribution is -0.154. The Morgan fingerprint density at radius 1 is 1.21 bits per heavy atom. The molecule has 0 radical (unpaired) electrons. The number of halogens is 3. The molecule has 0 atom stereocenters. The van der Waals surface area contributed by atoms with Crippen LogP contribution in [0.2, 0.25) is 0 Å². The summed E-state index contributed by atoms with van der Waals surface area (Å²) in [5.74, 6) is -0.196. The summed E-state index contributed by atoms with van der Waals surface area (Å²) in [7, 11) is -3.61. The molecule has 1 aromatic rings. The van der Waals surface area contributed by atoms with Crippen LogP contribution in [0.4, 0.5) is 13.2 Å². The number of alkyl halides is 3. The van der Waals surface area contributed by atoms with E-state index in [1.165, 1.54) is 22.6 Å². The third-order valence-corrected chi connectivity index (χ3v) is 5.10. The molecule has 136 valence electrons. The average molecular weight is 367 g/mol. The van der Waals surface area contributed by atoms with Gasteiger partial charge in [-0.3, -0.25) is 0 Å². The molecule has 0 spiro atoms. The van der Waals surface area contributed by atoms with Crippen molar-refractivity contribution in [2.45, 2.75) is 38.4 Å². The molecular formula is C14H20F3N3O3S. The largest absolute Gasteiger partial charge is 0.468 e. The Hall–Kier alpha value is -1.39. The Kier molecular flexibility index (Phi) is 6.41. The van der Waals surface area contributed by atoms with Crippen LogP contribution >= 0.6 is 0 Å². The zero-order chi connectivity index (χ0) is 17.6. The van der Waals surface area contributed by atoms with Gasteiger partial charge in [0.1, 0.15) is 0 Å². The summed E-state index contributed by atoms with van der Waals surface area (Å²) >= 11 is 0. The van der Waals surface area contributed by atoms with E-state index in [0.29, 0.717) is 18.7 Å². The molecule has 2 rings (SSSR count). The first-order valence-electron chi connectivity index (χ1n) is 7.65. The minimum absolute atomic E-state index is 0.0380. The first-order valence-corrected chi connectivity index (χ1v) is 9.09. The number of hydrogen-bond acceptors (Lipinski definition) is 4. The summed E-state index contributed by atoms with van der Waals surface area (Å²) in [6.07, 6.45) is 0.497. The predicted molar refractivity (Wildman–Crippen MR) is 81.6 cm³/mol.